The molecular weight excluding hydrogens is 284 g/mol. The molecular formula is C12H16N2O5S. The van der Waals surface area contributed by atoms with Crippen molar-refractivity contribution in [3.8, 4) is 5.75 Å². The summed E-state index contributed by atoms with van der Waals surface area (Å²) in [5, 5.41) is 4.32. The number of ether oxygens (including phenoxy) is 1. The second-order valence-electron chi connectivity index (χ2n) is 4.07. The van der Waals surface area contributed by atoms with Crippen molar-refractivity contribution in [2.75, 3.05) is 13.3 Å². The van der Waals surface area contributed by atoms with Crippen molar-refractivity contribution in [1.82, 2.24) is 10.6 Å². The average Bonchev–Trinajstić information content (AvgIpc) is 2.38. The number of urea groups is 1. The van der Waals surface area contributed by atoms with Crippen LogP contribution < -0.4 is 15.4 Å². The van der Waals surface area contributed by atoms with Crippen LogP contribution in [0.15, 0.2) is 29.2 Å². The Labute approximate surface area is 117 Å². The Morgan fingerprint density at radius 3 is 2.20 bits per heavy atom. The summed E-state index contributed by atoms with van der Waals surface area (Å²) in [6.07, 6.45) is 0.207. The Kier molecular flexibility index (Phi) is 5.09. The van der Waals surface area contributed by atoms with Gasteiger partial charge in [-0.2, -0.15) is 0 Å². The number of amides is 3. The van der Waals surface area contributed by atoms with E-state index in [-0.39, 0.29) is 4.90 Å². The molecule has 0 saturated carbocycles. The SMILES string of the molecule is CNC(=O)NC(=O)[C@@H](C)Oc1ccc(S(C)(=O)=O)cc1. The van der Waals surface area contributed by atoms with E-state index in [9.17, 15) is 18.0 Å². The number of sulfone groups is 1. The minimum atomic E-state index is -3.27. The van der Waals surface area contributed by atoms with Crippen molar-refractivity contribution < 1.29 is 22.7 Å². The van der Waals surface area contributed by atoms with Crippen molar-refractivity contribution in [3.63, 3.8) is 0 Å². The van der Waals surface area contributed by atoms with Gasteiger partial charge >= 0.3 is 6.03 Å². The van der Waals surface area contributed by atoms with E-state index in [1.54, 1.807) is 0 Å². The fraction of sp³-hybridized carbons (Fsp3) is 0.333. The molecule has 0 aromatic heterocycles. The quantitative estimate of drug-likeness (QED) is 0.833. The topological polar surface area (TPSA) is 102 Å². The number of hydrogen-bond acceptors (Lipinski definition) is 5. The first-order valence-electron chi connectivity index (χ1n) is 5.73. The van der Waals surface area contributed by atoms with Gasteiger partial charge in [-0.25, -0.2) is 13.2 Å². The van der Waals surface area contributed by atoms with Crippen LogP contribution in [0.3, 0.4) is 0 Å². The number of carbonyl (C=O) groups is 2. The molecule has 0 unspecified atom stereocenters. The molecule has 1 rings (SSSR count). The van der Waals surface area contributed by atoms with Crippen LogP contribution in [-0.4, -0.2) is 39.8 Å². The Morgan fingerprint density at radius 1 is 1.20 bits per heavy atom. The fourth-order valence-corrected chi connectivity index (χ4v) is 1.93. The van der Waals surface area contributed by atoms with Gasteiger partial charge in [0, 0.05) is 13.3 Å². The molecule has 0 aliphatic carbocycles. The smallest absolute Gasteiger partial charge is 0.321 e. The first-order chi connectivity index (χ1) is 9.24. The molecule has 1 aromatic rings. The zero-order chi connectivity index (χ0) is 15.3. The minimum Gasteiger partial charge on any atom is -0.481 e. The third-order valence-corrected chi connectivity index (χ3v) is 3.53. The molecule has 7 nitrogen and oxygen atoms in total. The molecule has 0 bridgehead atoms. The van der Waals surface area contributed by atoms with Crippen LogP contribution in [0.4, 0.5) is 4.79 Å². The largest absolute Gasteiger partial charge is 0.481 e. The lowest BCUT2D eigenvalue weighted by Crippen LogP contribution is -2.43. The molecule has 0 saturated heterocycles. The standard InChI is InChI=1S/C12H16N2O5S/c1-8(11(15)14-12(16)13-2)19-9-4-6-10(7-5-9)20(3,17)18/h4-8H,1-3H3,(H2,13,14,15,16)/t8-/m1/s1. The Hall–Kier alpha value is -2.09. The van der Waals surface area contributed by atoms with Crippen molar-refractivity contribution >= 4 is 21.8 Å². The van der Waals surface area contributed by atoms with Crippen molar-refractivity contribution in [3.05, 3.63) is 24.3 Å². The Bertz CT molecular complexity index is 595. The van der Waals surface area contributed by atoms with E-state index in [1.807, 2.05) is 0 Å². The summed E-state index contributed by atoms with van der Waals surface area (Å²) in [7, 11) is -1.88. The molecule has 0 radical (unpaired) electrons. The van der Waals surface area contributed by atoms with E-state index in [2.05, 4.69) is 10.6 Å². The Balaban J connectivity index is 2.69. The van der Waals surface area contributed by atoms with Crippen molar-refractivity contribution in [2.45, 2.75) is 17.9 Å². The van der Waals surface area contributed by atoms with Crippen molar-refractivity contribution in [2.24, 2.45) is 0 Å². The maximum absolute atomic E-state index is 11.6. The van der Waals surface area contributed by atoms with E-state index in [0.29, 0.717) is 5.75 Å². The third kappa shape index (κ3) is 4.54. The van der Waals surface area contributed by atoms with Gasteiger partial charge in [0.05, 0.1) is 4.90 Å². The van der Waals surface area contributed by atoms with Gasteiger partial charge in [0.15, 0.2) is 15.9 Å². The summed E-state index contributed by atoms with van der Waals surface area (Å²) in [6.45, 7) is 1.47. The second-order valence-corrected chi connectivity index (χ2v) is 6.09. The number of rotatable bonds is 4. The summed E-state index contributed by atoms with van der Waals surface area (Å²) in [4.78, 5) is 22.7. The second kappa shape index (κ2) is 6.38. The summed E-state index contributed by atoms with van der Waals surface area (Å²) in [5.74, 6) is -0.270. The van der Waals surface area contributed by atoms with Gasteiger partial charge in [-0.05, 0) is 31.2 Å². The summed E-state index contributed by atoms with van der Waals surface area (Å²) in [5.41, 5.74) is 0. The van der Waals surface area contributed by atoms with Gasteiger partial charge in [0.1, 0.15) is 5.75 Å². The maximum atomic E-state index is 11.6. The van der Waals surface area contributed by atoms with E-state index in [1.165, 1.54) is 38.2 Å². The number of carbonyl (C=O) groups excluding carboxylic acids is 2. The lowest BCUT2D eigenvalue weighted by molar-refractivity contribution is -0.126. The molecule has 1 aromatic carbocycles. The lowest BCUT2D eigenvalue weighted by atomic mass is 10.3. The van der Waals surface area contributed by atoms with Gasteiger partial charge < -0.3 is 10.1 Å². The number of benzene rings is 1. The van der Waals surface area contributed by atoms with Gasteiger partial charge in [-0.15, -0.1) is 0 Å². The average molecular weight is 300 g/mol. The maximum Gasteiger partial charge on any atom is 0.321 e. The first-order valence-corrected chi connectivity index (χ1v) is 7.62. The fourth-order valence-electron chi connectivity index (χ4n) is 1.30. The van der Waals surface area contributed by atoms with E-state index in [4.69, 9.17) is 4.74 Å². The van der Waals surface area contributed by atoms with Crippen molar-refractivity contribution in [1.29, 1.82) is 0 Å². The predicted molar refractivity (Wildman–Crippen MR) is 72.2 cm³/mol. The van der Waals surface area contributed by atoms with Crippen LogP contribution in [0.5, 0.6) is 5.75 Å². The zero-order valence-electron chi connectivity index (χ0n) is 11.3. The van der Waals surface area contributed by atoms with E-state index in [0.717, 1.165) is 6.26 Å². The molecule has 20 heavy (non-hydrogen) atoms. The summed E-state index contributed by atoms with van der Waals surface area (Å²) in [6, 6.07) is 5.03. The van der Waals surface area contributed by atoms with Crippen LogP contribution in [0.2, 0.25) is 0 Å². The zero-order valence-corrected chi connectivity index (χ0v) is 12.2. The molecule has 3 amide bonds. The molecule has 110 valence electrons. The van der Waals surface area contributed by atoms with Crippen LogP contribution in [0.25, 0.3) is 0 Å². The molecule has 0 aliphatic heterocycles. The summed E-state index contributed by atoms with van der Waals surface area (Å²) >= 11 is 0. The van der Waals surface area contributed by atoms with Crippen LogP contribution in [-0.2, 0) is 14.6 Å². The van der Waals surface area contributed by atoms with Gasteiger partial charge in [0.2, 0.25) is 0 Å². The van der Waals surface area contributed by atoms with Crippen LogP contribution in [0, 0.1) is 0 Å². The molecule has 0 spiro atoms. The van der Waals surface area contributed by atoms with E-state index >= 15 is 0 Å². The summed E-state index contributed by atoms with van der Waals surface area (Å²) < 4.78 is 27.9. The number of imide groups is 1. The lowest BCUT2D eigenvalue weighted by Gasteiger charge is -2.14. The van der Waals surface area contributed by atoms with Crippen LogP contribution >= 0.6 is 0 Å². The Morgan fingerprint density at radius 2 is 1.75 bits per heavy atom. The predicted octanol–water partition coefficient (Wildman–Crippen LogP) is 0.313. The molecule has 0 fully saturated rings. The molecule has 0 aliphatic rings. The van der Waals surface area contributed by atoms with Gasteiger partial charge in [-0.3, -0.25) is 10.1 Å². The minimum absolute atomic E-state index is 0.160. The highest BCUT2D eigenvalue weighted by Gasteiger charge is 2.17. The number of hydrogen-bond donors (Lipinski definition) is 2. The van der Waals surface area contributed by atoms with Gasteiger partial charge in [-0.1, -0.05) is 0 Å². The highest BCUT2D eigenvalue weighted by Crippen LogP contribution is 2.17. The number of nitrogens with one attached hydrogen (secondary N) is 2. The molecule has 2 N–H and O–H groups in total. The monoisotopic (exact) mass is 300 g/mol. The highest BCUT2D eigenvalue weighted by molar-refractivity contribution is 7.90. The highest BCUT2D eigenvalue weighted by atomic mass is 32.2. The van der Waals surface area contributed by atoms with E-state index < -0.39 is 27.9 Å². The van der Waals surface area contributed by atoms with Crippen LogP contribution in [0.1, 0.15) is 6.92 Å². The molecule has 8 heteroatoms. The molecule has 0 heterocycles. The normalized spacial score (nSPS) is 12.3. The third-order valence-electron chi connectivity index (χ3n) is 2.40. The van der Waals surface area contributed by atoms with Gasteiger partial charge in [0.25, 0.3) is 5.91 Å². The molecule has 1 atom stereocenters. The first kappa shape index (κ1) is 16.0.